The van der Waals surface area contributed by atoms with Crippen molar-refractivity contribution >= 4 is 0 Å². The molecule has 0 amide bonds. The van der Waals surface area contributed by atoms with Crippen molar-refractivity contribution in [3.63, 3.8) is 0 Å². The molecule has 0 atom stereocenters. The van der Waals surface area contributed by atoms with Crippen LogP contribution in [0.5, 0.6) is 0 Å². The van der Waals surface area contributed by atoms with E-state index in [1.807, 2.05) is 30.1 Å². The zero-order chi connectivity index (χ0) is 18.1. The lowest BCUT2D eigenvalue weighted by molar-refractivity contribution is 0.601. The quantitative estimate of drug-likeness (QED) is 0.662. The van der Waals surface area contributed by atoms with Crippen molar-refractivity contribution in [2.75, 3.05) is 0 Å². The highest BCUT2D eigenvalue weighted by Crippen LogP contribution is 2.22. The van der Waals surface area contributed by atoms with E-state index in [9.17, 15) is 0 Å². The molecule has 0 bridgehead atoms. The van der Waals surface area contributed by atoms with Crippen LogP contribution in [0.15, 0.2) is 25.0 Å². The van der Waals surface area contributed by atoms with Crippen LogP contribution in [0.3, 0.4) is 0 Å². The van der Waals surface area contributed by atoms with Crippen molar-refractivity contribution in [1.29, 1.82) is 0 Å². The Morgan fingerprint density at radius 2 is 1.92 bits per heavy atom. The van der Waals surface area contributed by atoms with Gasteiger partial charge < -0.3 is 0 Å². The summed E-state index contributed by atoms with van der Waals surface area (Å²) < 4.78 is 3.65. The Morgan fingerprint density at radius 3 is 2.77 bits per heavy atom. The standard InChI is InChI=1S/C19H23N7/c1-4-9-25-10-16(14(3)23-25)18-11-26(24-22-18)12-19-20-13(2)15-7-5-6-8-17(15)21-19/h4,10-11H,1,5-9,12H2,2-3H3. The lowest BCUT2D eigenvalue weighted by atomic mass is 9.95. The van der Waals surface area contributed by atoms with Crippen LogP contribution in [0.2, 0.25) is 0 Å². The van der Waals surface area contributed by atoms with Crippen LogP contribution >= 0.6 is 0 Å². The number of nitrogens with zero attached hydrogens (tertiary/aromatic N) is 7. The van der Waals surface area contributed by atoms with E-state index in [0.29, 0.717) is 13.1 Å². The van der Waals surface area contributed by atoms with Crippen molar-refractivity contribution in [2.45, 2.75) is 52.6 Å². The molecule has 4 rings (SSSR count). The van der Waals surface area contributed by atoms with Crippen LogP contribution in [0.25, 0.3) is 11.3 Å². The highest BCUT2D eigenvalue weighted by molar-refractivity contribution is 5.59. The lowest BCUT2D eigenvalue weighted by Crippen LogP contribution is -2.14. The third-order valence-corrected chi connectivity index (χ3v) is 4.82. The van der Waals surface area contributed by atoms with E-state index in [0.717, 1.165) is 41.3 Å². The van der Waals surface area contributed by atoms with Crippen LogP contribution in [-0.4, -0.2) is 34.7 Å². The van der Waals surface area contributed by atoms with Gasteiger partial charge in [-0.05, 0) is 45.1 Å². The van der Waals surface area contributed by atoms with E-state index >= 15 is 0 Å². The van der Waals surface area contributed by atoms with Crippen LogP contribution in [0.1, 0.15) is 41.3 Å². The molecule has 0 N–H and O–H groups in total. The molecule has 1 aliphatic rings. The first-order valence-corrected chi connectivity index (χ1v) is 9.05. The molecule has 0 aliphatic heterocycles. The number of hydrogen-bond donors (Lipinski definition) is 0. The summed E-state index contributed by atoms with van der Waals surface area (Å²) in [5.74, 6) is 0.804. The molecule has 0 saturated heterocycles. The van der Waals surface area contributed by atoms with Crippen LogP contribution in [0, 0.1) is 13.8 Å². The number of fused-ring (bicyclic) bond motifs is 1. The first-order valence-electron chi connectivity index (χ1n) is 9.05. The topological polar surface area (TPSA) is 74.3 Å². The minimum Gasteiger partial charge on any atom is -0.268 e. The van der Waals surface area contributed by atoms with Crippen molar-refractivity contribution < 1.29 is 0 Å². The van der Waals surface area contributed by atoms with Crippen LogP contribution in [0.4, 0.5) is 0 Å². The van der Waals surface area contributed by atoms with Gasteiger partial charge in [-0.3, -0.25) is 4.68 Å². The molecule has 0 unspecified atom stereocenters. The molecule has 3 aromatic heterocycles. The van der Waals surface area contributed by atoms with Gasteiger partial charge in [0.2, 0.25) is 0 Å². The monoisotopic (exact) mass is 349 g/mol. The van der Waals surface area contributed by atoms with E-state index in [2.05, 4.69) is 33.9 Å². The van der Waals surface area contributed by atoms with E-state index < -0.39 is 0 Å². The predicted molar refractivity (Wildman–Crippen MR) is 98.7 cm³/mol. The molecule has 0 fully saturated rings. The van der Waals surface area contributed by atoms with E-state index in [-0.39, 0.29) is 0 Å². The van der Waals surface area contributed by atoms with Gasteiger partial charge in [0.25, 0.3) is 0 Å². The third-order valence-electron chi connectivity index (χ3n) is 4.82. The largest absolute Gasteiger partial charge is 0.268 e. The summed E-state index contributed by atoms with van der Waals surface area (Å²) >= 11 is 0. The fourth-order valence-corrected chi connectivity index (χ4v) is 3.55. The summed E-state index contributed by atoms with van der Waals surface area (Å²) in [7, 11) is 0. The van der Waals surface area contributed by atoms with Gasteiger partial charge in [0.05, 0.1) is 18.4 Å². The summed E-state index contributed by atoms with van der Waals surface area (Å²) in [6.45, 7) is 9.01. The molecule has 7 nitrogen and oxygen atoms in total. The highest BCUT2D eigenvalue weighted by Gasteiger charge is 2.16. The molecular weight excluding hydrogens is 326 g/mol. The number of rotatable bonds is 5. The minimum atomic E-state index is 0.529. The molecule has 0 saturated carbocycles. The van der Waals surface area contributed by atoms with Gasteiger partial charge in [-0.2, -0.15) is 5.10 Å². The Kier molecular flexibility index (Phi) is 4.36. The first kappa shape index (κ1) is 16.6. The summed E-state index contributed by atoms with van der Waals surface area (Å²) in [6.07, 6.45) is 10.3. The Morgan fingerprint density at radius 1 is 1.08 bits per heavy atom. The maximum absolute atomic E-state index is 4.77. The predicted octanol–water partition coefficient (Wildman–Crippen LogP) is 2.66. The van der Waals surface area contributed by atoms with E-state index in [1.54, 1.807) is 4.68 Å². The fourth-order valence-electron chi connectivity index (χ4n) is 3.55. The molecule has 3 aromatic rings. The molecule has 0 radical (unpaired) electrons. The van der Waals surface area contributed by atoms with E-state index in [1.165, 1.54) is 24.1 Å². The average Bonchev–Trinajstić information content (AvgIpc) is 3.22. The van der Waals surface area contributed by atoms with Crippen molar-refractivity contribution in [2.24, 2.45) is 0 Å². The van der Waals surface area contributed by atoms with Gasteiger partial charge in [-0.25, -0.2) is 14.6 Å². The summed E-state index contributed by atoms with van der Waals surface area (Å²) in [6, 6.07) is 0. The molecule has 7 heteroatoms. The molecule has 0 aromatic carbocycles. The molecule has 134 valence electrons. The Balaban J connectivity index is 1.57. The van der Waals surface area contributed by atoms with Crippen molar-refractivity contribution in [3.8, 4) is 11.3 Å². The lowest BCUT2D eigenvalue weighted by Gasteiger charge is -2.17. The maximum Gasteiger partial charge on any atom is 0.150 e. The van der Waals surface area contributed by atoms with Crippen LogP contribution in [-0.2, 0) is 25.9 Å². The first-order chi connectivity index (χ1) is 12.6. The Bertz CT molecular complexity index is 951. The van der Waals surface area contributed by atoms with E-state index in [4.69, 9.17) is 4.98 Å². The zero-order valence-electron chi connectivity index (χ0n) is 15.3. The number of hydrogen-bond acceptors (Lipinski definition) is 5. The SMILES string of the molecule is C=CCn1cc(-c2cn(Cc3nc(C)c4c(n3)CCCC4)nn2)c(C)n1. The van der Waals surface area contributed by atoms with Gasteiger partial charge in [0, 0.05) is 23.1 Å². The number of aromatic nitrogens is 7. The fraction of sp³-hybridized carbons (Fsp3) is 0.421. The maximum atomic E-state index is 4.77. The molecular formula is C19H23N7. The summed E-state index contributed by atoms with van der Waals surface area (Å²) in [5.41, 5.74) is 6.38. The Labute approximate surface area is 152 Å². The number of allylic oxidation sites excluding steroid dienone is 1. The van der Waals surface area contributed by atoms with Gasteiger partial charge >= 0.3 is 0 Å². The second-order valence-electron chi connectivity index (χ2n) is 6.80. The molecule has 0 spiro atoms. The normalized spacial score (nSPS) is 13.6. The average molecular weight is 349 g/mol. The summed E-state index contributed by atoms with van der Waals surface area (Å²) in [5, 5.41) is 13.0. The van der Waals surface area contributed by atoms with Crippen LogP contribution < -0.4 is 0 Å². The third kappa shape index (κ3) is 3.16. The number of aryl methyl sites for hydroxylation is 3. The Hall–Kier alpha value is -2.83. The zero-order valence-corrected chi connectivity index (χ0v) is 15.3. The minimum absolute atomic E-state index is 0.529. The van der Waals surface area contributed by atoms with Gasteiger partial charge in [0.15, 0.2) is 0 Å². The second-order valence-corrected chi connectivity index (χ2v) is 6.80. The molecule has 3 heterocycles. The smallest absolute Gasteiger partial charge is 0.150 e. The second kappa shape index (κ2) is 6.82. The van der Waals surface area contributed by atoms with Gasteiger partial charge in [-0.15, -0.1) is 11.7 Å². The highest BCUT2D eigenvalue weighted by atomic mass is 15.4. The van der Waals surface area contributed by atoms with Gasteiger partial charge in [0.1, 0.15) is 18.1 Å². The molecule has 26 heavy (non-hydrogen) atoms. The van der Waals surface area contributed by atoms with Crippen molar-refractivity contribution in [3.05, 3.63) is 53.5 Å². The molecule has 1 aliphatic carbocycles. The van der Waals surface area contributed by atoms with Crippen molar-refractivity contribution in [1.82, 2.24) is 34.7 Å². The van der Waals surface area contributed by atoms with Gasteiger partial charge in [-0.1, -0.05) is 11.3 Å². The summed E-state index contributed by atoms with van der Waals surface area (Å²) in [4.78, 5) is 9.45.